The maximum absolute atomic E-state index is 12.6. The third-order valence-electron chi connectivity index (χ3n) is 3.97. The Hall–Kier alpha value is -2.08. The Labute approximate surface area is 156 Å². The van der Waals surface area contributed by atoms with Gasteiger partial charge in [-0.05, 0) is 39.3 Å². The number of carbonyl (C=O) groups is 2. The molecule has 2 rings (SSSR count). The summed E-state index contributed by atoms with van der Waals surface area (Å²) in [4.78, 5) is 25.3. The van der Waals surface area contributed by atoms with Gasteiger partial charge in [0.25, 0.3) is 0 Å². The molecule has 0 aromatic heterocycles. The van der Waals surface area contributed by atoms with E-state index >= 15 is 0 Å². The fraction of sp³-hybridized carbons (Fsp3) is 0.368. The normalized spacial score (nSPS) is 15.1. The predicted octanol–water partition coefficient (Wildman–Crippen LogP) is 3.81. The van der Waals surface area contributed by atoms with Crippen LogP contribution in [-0.2, 0) is 19.1 Å². The number of allylic oxidation sites excluding steroid dienone is 2. The second-order valence-electron chi connectivity index (χ2n) is 5.60. The van der Waals surface area contributed by atoms with Gasteiger partial charge in [0, 0.05) is 15.9 Å². The van der Waals surface area contributed by atoms with Crippen molar-refractivity contribution in [2.45, 2.75) is 33.6 Å². The summed E-state index contributed by atoms with van der Waals surface area (Å²) in [5.74, 6) is -1.44. The van der Waals surface area contributed by atoms with Gasteiger partial charge in [-0.2, -0.15) is 0 Å². The van der Waals surface area contributed by atoms with Crippen molar-refractivity contribution in [3.8, 4) is 0 Å². The Kier molecular flexibility index (Phi) is 6.42. The largest absolute Gasteiger partial charge is 0.463 e. The molecule has 1 aromatic rings. The summed E-state index contributed by atoms with van der Waals surface area (Å²) in [7, 11) is 0. The average Bonchev–Trinajstić information content (AvgIpc) is 2.54. The average molecular weight is 408 g/mol. The molecule has 6 heteroatoms. The molecule has 0 aliphatic carbocycles. The maximum atomic E-state index is 12.6. The van der Waals surface area contributed by atoms with Gasteiger partial charge in [-0.25, -0.2) is 9.59 Å². The fourth-order valence-electron chi connectivity index (χ4n) is 2.97. The number of nitrogens with one attached hydrogen (secondary N) is 1. The van der Waals surface area contributed by atoms with Crippen LogP contribution < -0.4 is 5.32 Å². The number of esters is 2. The van der Waals surface area contributed by atoms with Gasteiger partial charge in [0.05, 0.1) is 30.3 Å². The summed E-state index contributed by atoms with van der Waals surface area (Å²) < 4.78 is 11.3. The molecule has 0 bridgehead atoms. The lowest BCUT2D eigenvalue weighted by atomic mass is 9.80. The minimum absolute atomic E-state index is 0.260. The van der Waals surface area contributed by atoms with Gasteiger partial charge in [-0.3, -0.25) is 0 Å². The lowest BCUT2D eigenvalue weighted by Gasteiger charge is -2.30. The number of carbonyl (C=O) groups excluding carboxylic acids is 2. The first-order chi connectivity index (χ1) is 11.9. The van der Waals surface area contributed by atoms with Crippen molar-refractivity contribution < 1.29 is 19.1 Å². The molecule has 0 saturated heterocycles. The molecule has 1 aliphatic rings. The molecule has 134 valence electrons. The zero-order valence-electron chi connectivity index (χ0n) is 14.8. The SMILES string of the molecule is CCOC(=O)C1=C(C)NC(C)=C(C(=O)OCC)C1c1ccccc1Br. The molecular weight excluding hydrogens is 386 g/mol. The molecule has 0 fully saturated rings. The molecule has 0 spiro atoms. The topological polar surface area (TPSA) is 64.6 Å². The smallest absolute Gasteiger partial charge is 0.336 e. The van der Waals surface area contributed by atoms with E-state index in [0.29, 0.717) is 22.5 Å². The van der Waals surface area contributed by atoms with Crippen LogP contribution in [0.5, 0.6) is 0 Å². The summed E-state index contributed by atoms with van der Waals surface area (Å²) in [5.41, 5.74) is 2.99. The van der Waals surface area contributed by atoms with Crippen LogP contribution in [-0.4, -0.2) is 25.2 Å². The van der Waals surface area contributed by atoms with Crippen LogP contribution in [0.2, 0.25) is 0 Å². The standard InChI is InChI=1S/C19H22BrNO4/c1-5-24-18(22)15-11(3)21-12(4)16(19(23)25-6-2)17(15)13-9-7-8-10-14(13)20/h7-10,17,21H,5-6H2,1-4H3. The van der Waals surface area contributed by atoms with E-state index < -0.39 is 17.9 Å². The minimum Gasteiger partial charge on any atom is -0.463 e. The van der Waals surface area contributed by atoms with Crippen LogP contribution in [0.3, 0.4) is 0 Å². The number of ether oxygens (including phenoxy) is 2. The minimum atomic E-state index is -0.560. The third-order valence-corrected chi connectivity index (χ3v) is 4.69. The Balaban J connectivity index is 2.66. The van der Waals surface area contributed by atoms with Crippen molar-refractivity contribution in [2.75, 3.05) is 13.2 Å². The highest BCUT2D eigenvalue weighted by molar-refractivity contribution is 9.10. The van der Waals surface area contributed by atoms with Gasteiger partial charge in [0.15, 0.2) is 0 Å². The molecule has 1 aromatic carbocycles. The van der Waals surface area contributed by atoms with E-state index in [9.17, 15) is 9.59 Å². The quantitative estimate of drug-likeness (QED) is 0.751. The first-order valence-corrected chi connectivity index (χ1v) is 8.98. The van der Waals surface area contributed by atoms with Gasteiger partial charge in [0.2, 0.25) is 0 Å². The lowest BCUT2D eigenvalue weighted by Crippen LogP contribution is -2.32. The van der Waals surface area contributed by atoms with Gasteiger partial charge in [0.1, 0.15) is 0 Å². The monoisotopic (exact) mass is 407 g/mol. The molecular formula is C19H22BrNO4. The van der Waals surface area contributed by atoms with Crippen LogP contribution in [0.25, 0.3) is 0 Å². The zero-order valence-corrected chi connectivity index (χ0v) is 16.4. The molecule has 0 amide bonds. The second kappa shape index (κ2) is 8.34. The first-order valence-electron chi connectivity index (χ1n) is 8.19. The van der Waals surface area contributed by atoms with Crippen LogP contribution >= 0.6 is 15.9 Å². The van der Waals surface area contributed by atoms with E-state index in [0.717, 1.165) is 10.0 Å². The number of hydrogen-bond donors (Lipinski definition) is 1. The van der Waals surface area contributed by atoms with Gasteiger partial charge in [-0.15, -0.1) is 0 Å². The van der Waals surface area contributed by atoms with Crippen molar-refractivity contribution in [1.29, 1.82) is 0 Å². The van der Waals surface area contributed by atoms with Gasteiger partial charge < -0.3 is 14.8 Å². The van der Waals surface area contributed by atoms with E-state index in [2.05, 4.69) is 21.2 Å². The molecule has 0 atom stereocenters. The van der Waals surface area contributed by atoms with Crippen molar-refractivity contribution in [1.82, 2.24) is 5.32 Å². The van der Waals surface area contributed by atoms with Crippen LogP contribution in [0, 0.1) is 0 Å². The Bertz CT molecular complexity index is 712. The fourth-order valence-corrected chi connectivity index (χ4v) is 3.49. The number of benzene rings is 1. The summed E-state index contributed by atoms with van der Waals surface area (Å²) in [6.07, 6.45) is 0. The lowest BCUT2D eigenvalue weighted by molar-refractivity contribution is -0.139. The molecule has 1 N–H and O–H groups in total. The molecule has 25 heavy (non-hydrogen) atoms. The maximum Gasteiger partial charge on any atom is 0.336 e. The second-order valence-corrected chi connectivity index (χ2v) is 6.45. The summed E-state index contributed by atoms with van der Waals surface area (Å²) in [6.45, 7) is 7.64. The van der Waals surface area contributed by atoms with E-state index in [4.69, 9.17) is 9.47 Å². The van der Waals surface area contributed by atoms with Crippen molar-refractivity contribution in [3.63, 3.8) is 0 Å². The summed E-state index contributed by atoms with van der Waals surface area (Å²) in [5, 5.41) is 3.12. The number of halogens is 1. The van der Waals surface area contributed by atoms with E-state index in [1.165, 1.54) is 0 Å². The molecule has 0 radical (unpaired) electrons. The molecule has 1 heterocycles. The summed E-state index contributed by atoms with van der Waals surface area (Å²) in [6, 6.07) is 7.53. The third kappa shape index (κ3) is 3.95. The van der Waals surface area contributed by atoms with Crippen molar-refractivity contribution >= 4 is 27.9 Å². The number of rotatable bonds is 5. The molecule has 0 saturated carbocycles. The van der Waals surface area contributed by atoms with Crippen LogP contribution in [0.15, 0.2) is 51.3 Å². The highest BCUT2D eigenvalue weighted by Gasteiger charge is 2.38. The van der Waals surface area contributed by atoms with Crippen molar-refractivity contribution in [2.24, 2.45) is 0 Å². The Morgan fingerprint density at radius 3 is 1.92 bits per heavy atom. The molecule has 1 aliphatic heterocycles. The Morgan fingerprint density at radius 2 is 1.48 bits per heavy atom. The van der Waals surface area contributed by atoms with Gasteiger partial charge in [-0.1, -0.05) is 34.1 Å². The van der Waals surface area contributed by atoms with E-state index in [1.54, 1.807) is 13.8 Å². The predicted molar refractivity (Wildman–Crippen MR) is 98.7 cm³/mol. The highest BCUT2D eigenvalue weighted by Crippen LogP contribution is 2.41. The molecule has 0 unspecified atom stereocenters. The first kappa shape index (κ1) is 19.2. The Morgan fingerprint density at radius 1 is 1.00 bits per heavy atom. The van der Waals surface area contributed by atoms with Crippen LogP contribution in [0.4, 0.5) is 0 Å². The zero-order chi connectivity index (χ0) is 18.6. The molecule has 5 nitrogen and oxygen atoms in total. The number of hydrogen-bond acceptors (Lipinski definition) is 5. The van der Waals surface area contributed by atoms with E-state index in [1.807, 2.05) is 38.1 Å². The van der Waals surface area contributed by atoms with Crippen LogP contribution in [0.1, 0.15) is 39.2 Å². The number of dihydropyridines is 1. The van der Waals surface area contributed by atoms with Gasteiger partial charge >= 0.3 is 11.9 Å². The highest BCUT2D eigenvalue weighted by atomic mass is 79.9. The summed E-state index contributed by atoms with van der Waals surface area (Å²) >= 11 is 3.53. The van der Waals surface area contributed by atoms with Crippen molar-refractivity contribution in [3.05, 3.63) is 56.8 Å². The van der Waals surface area contributed by atoms with E-state index in [-0.39, 0.29) is 13.2 Å².